The van der Waals surface area contributed by atoms with Crippen LogP contribution < -0.4 is 15.4 Å². The van der Waals surface area contributed by atoms with Crippen molar-refractivity contribution >= 4 is 44.4 Å². The molecule has 3 aromatic rings. The van der Waals surface area contributed by atoms with Crippen molar-refractivity contribution in [2.75, 3.05) is 15.4 Å². The molecular weight excluding hydrogens is 433 g/mol. The summed E-state index contributed by atoms with van der Waals surface area (Å²) in [4.78, 5) is 0.102. The summed E-state index contributed by atoms with van der Waals surface area (Å²) in [5, 5.41) is 6.13. The predicted molar refractivity (Wildman–Crippen MR) is 129 cm³/mol. The molecule has 0 atom stereocenters. The first-order valence-electron chi connectivity index (χ1n) is 9.60. The van der Waals surface area contributed by atoms with Crippen molar-refractivity contribution in [3.05, 3.63) is 82.7 Å². The third kappa shape index (κ3) is 5.59. The van der Waals surface area contributed by atoms with Crippen LogP contribution in [-0.2, 0) is 10.0 Å². The molecule has 0 bridgehead atoms. The summed E-state index contributed by atoms with van der Waals surface area (Å²) in [6, 6.07) is 15.0. The van der Waals surface area contributed by atoms with Gasteiger partial charge >= 0.3 is 0 Å². The van der Waals surface area contributed by atoms with E-state index in [2.05, 4.69) is 15.4 Å². The molecule has 0 fully saturated rings. The molecule has 3 aromatic carbocycles. The van der Waals surface area contributed by atoms with Crippen molar-refractivity contribution in [3.8, 4) is 0 Å². The zero-order valence-electron chi connectivity index (χ0n) is 17.7. The largest absolute Gasteiger partial charge is 0.332 e. The van der Waals surface area contributed by atoms with Gasteiger partial charge in [0.05, 0.1) is 10.6 Å². The van der Waals surface area contributed by atoms with Gasteiger partial charge in [0.2, 0.25) is 0 Å². The van der Waals surface area contributed by atoms with Gasteiger partial charge in [0, 0.05) is 11.4 Å². The van der Waals surface area contributed by atoms with E-state index in [-0.39, 0.29) is 15.8 Å². The van der Waals surface area contributed by atoms with E-state index < -0.39 is 10.0 Å². The Morgan fingerprint density at radius 3 is 2.19 bits per heavy atom. The second kappa shape index (κ2) is 9.03. The summed E-state index contributed by atoms with van der Waals surface area (Å²) >= 11 is 5.31. The van der Waals surface area contributed by atoms with Gasteiger partial charge in [-0.15, -0.1) is 0 Å². The zero-order chi connectivity index (χ0) is 22.8. The molecule has 5 nitrogen and oxygen atoms in total. The SMILES string of the molecule is Cc1ccc(NS(=O)(=O)c2ccc(C)c(NC(=S)Nc3ccc(C)c(F)c3)c2)c(C)c1. The van der Waals surface area contributed by atoms with Crippen molar-refractivity contribution in [2.24, 2.45) is 0 Å². The van der Waals surface area contributed by atoms with Crippen LogP contribution in [0.15, 0.2) is 59.5 Å². The lowest BCUT2D eigenvalue weighted by Gasteiger charge is -2.15. The number of benzene rings is 3. The summed E-state index contributed by atoms with van der Waals surface area (Å²) in [5.74, 6) is -0.338. The summed E-state index contributed by atoms with van der Waals surface area (Å²) in [6.45, 7) is 7.32. The molecule has 0 radical (unpaired) electrons. The minimum Gasteiger partial charge on any atom is -0.332 e. The number of sulfonamides is 1. The van der Waals surface area contributed by atoms with Crippen LogP contribution in [0, 0.1) is 33.5 Å². The minimum absolute atomic E-state index is 0.102. The Morgan fingerprint density at radius 2 is 1.52 bits per heavy atom. The van der Waals surface area contributed by atoms with Gasteiger partial charge in [0.1, 0.15) is 5.82 Å². The highest BCUT2D eigenvalue weighted by Crippen LogP contribution is 2.25. The number of nitrogens with one attached hydrogen (secondary N) is 3. The summed E-state index contributed by atoms with van der Waals surface area (Å²) in [5.41, 5.74) is 4.80. The quantitative estimate of drug-likeness (QED) is 0.431. The number of thiocarbonyl (C=S) groups is 1. The van der Waals surface area contributed by atoms with Crippen molar-refractivity contribution in [1.29, 1.82) is 0 Å². The van der Waals surface area contributed by atoms with E-state index in [9.17, 15) is 12.8 Å². The Bertz CT molecular complexity index is 1260. The fourth-order valence-corrected chi connectivity index (χ4v) is 4.37. The first kappa shape index (κ1) is 22.7. The Labute approximate surface area is 187 Å². The highest BCUT2D eigenvalue weighted by atomic mass is 32.2. The van der Waals surface area contributed by atoms with E-state index in [4.69, 9.17) is 12.2 Å². The zero-order valence-corrected chi connectivity index (χ0v) is 19.3. The molecule has 0 aliphatic rings. The molecule has 0 saturated carbocycles. The highest BCUT2D eigenvalue weighted by Gasteiger charge is 2.17. The average molecular weight is 458 g/mol. The Kier molecular flexibility index (Phi) is 6.62. The normalized spacial score (nSPS) is 11.1. The lowest BCUT2D eigenvalue weighted by molar-refractivity contribution is 0.601. The minimum atomic E-state index is -3.80. The molecule has 0 amide bonds. The van der Waals surface area contributed by atoms with E-state index >= 15 is 0 Å². The van der Waals surface area contributed by atoms with Crippen LogP contribution in [0.4, 0.5) is 21.5 Å². The van der Waals surface area contributed by atoms with E-state index in [0.29, 0.717) is 22.6 Å². The van der Waals surface area contributed by atoms with Crippen molar-refractivity contribution in [1.82, 2.24) is 0 Å². The Balaban J connectivity index is 1.80. The lowest BCUT2D eigenvalue weighted by Crippen LogP contribution is -2.20. The first-order valence-corrected chi connectivity index (χ1v) is 11.5. The van der Waals surface area contributed by atoms with Gasteiger partial charge < -0.3 is 10.6 Å². The molecule has 8 heteroatoms. The van der Waals surface area contributed by atoms with Crippen LogP contribution in [0.3, 0.4) is 0 Å². The summed E-state index contributed by atoms with van der Waals surface area (Å²) in [7, 11) is -3.80. The Morgan fingerprint density at radius 1 is 0.806 bits per heavy atom. The topological polar surface area (TPSA) is 70.2 Å². The molecule has 162 valence electrons. The molecule has 0 saturated heterocycles. The van der Waals surface area contributed by atoms with Gasteiger partial charge in [0.15, 0.2) is 5.11 Å². The molecule has 0 aliphatic heterocycles. The molecule has 0 aromatic heterocycles. The third-order valence-corrected chi connectivity index (χ3v) is 6.39. The second-order valence-corrected chi connectivity index (χ2v) is 9.53. The monoisotopic (exact) mass is 457 g/mol. The standard InChI is InChI=1S/C23H24FN3O2S2/c1-14-5-10-21(17(4)11-14)27-31(28,29)19-9-7-16(3)22(13-19)26-23(30)25-18-8-6-15(2)20(24)12-18/h5-13,27H,1-4H3,(H2,25,26,30). The van der Waals surface area contributed by atoms with Crippen LogP contribution in [0.1, 0.15) is 22.3 Å². The third-order valence-electron chi connectivity index (χ3n) is 4.82. The van der Waals surface area contributed by atoms with Gasteiger partial charge in [-0.3, -0.25) is 4.72 Å². The predicted octanol–water partition coefficient (Wildman–Crippen LogP) is 5.67. The van der Waals surface area contributed by atoms with Crippen LogP contribution in [0.25, 0.3) is 0 Å². The van der Waals surface area contributed by atoms with Crippen LogP contribution in [0.5, 0.6) is 0 Å². The van der Waals surface area contributed by atoms with Gasteiger partial charge in [-0.25, -0.2) is 12.8 Å². The Hall–Kier alpha value is -2.97. The molecule has 0 aliphatic carbocycles. The fraction of sp³-hybridized carbons (Fsp3) is 0.174. The molecule has 0 heterocycles. The fourth-order valence-electron chi connectivity index (χ4n) is 2.99. The van der Waals surface area contributed by atoms with Crippen molar-refractivity contribution < 1.29 is 12.8 Å². The van der Waals surface area contributed by atoms with Crippen LogP contribution in [-0.4, -0.2) is 13.5 Å². The number of aryl methyl sites for hydroxylation is 4. The number of anilines is 3. The molecule has 3 rings (SSSR count). The van der Waals surface area contributed by atoms with E-state index in [1.54, 1.807) is 31.2 Å². The molecule has 31 heavy (non-hydrogen) atoms. The highest BCUT2D eigenvalue weighted by molar-refractivity contribution is 7.92. The van der Waals surface area contributed by atoms with E-state index in [1.807, 2.05) is 32.9 Å². The lowest BCUT2D eigenvalue weighted by atomic mass is 10.1. The number of hydrogen-bond donors (Lipinski definition) is 3. The van der Waals surface area contributed by atoms with Crippen LogP contribution >= 0.6 is 12.2 Å². The van der Waals surface area contributed by atoms with Gasteiger partial charge in [-0.1, -0.05) is 29.8 Å². The van der Waals surface area contributed by atoms with Crippen molar-refractivity contribution in [2.45, 2.75) is 32.6 Å². The molecular formula is C23H24FN3O2S2. The number of halogens is 1. The maximum atomic E-state index is 13.8. The maximum absolute atomic E-state index is 13.8. The van der Waals surface area contributed by atoms with Gasteiger partial charge in [-0.05, 0) is 86.9 Å². The average Bonchev–Trinajstić information content (AvgIpc) is 2.68. The molecule has 0 unspecified atom stereocenters. The number of hydrogen-bond acceptors (Lipinski definition) is 3. The van der Waals surface area contributed by atoms with E-state index in [1.165, 1.54) is 18.2 Å². The van der Waals surface area contributed by atoms with Gasteiger partial charge in [0.25, 0.3) is 10.0 Å². The first-order chi connectivity index (χ1) is 14.5. The second-order valence-electron chi connectivity index (χ2n) is 7.44. The van der Waals surface area contributed by atoms with Crippen molar-refractivity contribution in [3.63, 3.8) is 0 Å². The molecule has 3 N–H and O–H groups in total. The molecule has 0 spiro atoms. The maximum Gasteiger partial charge on any atom is 0.261 e. The van der Waals surface area contributed by atoms with Crippen LogP contribution in [0.2, 0.25) is 0 Å². The van der Waals surface area contributed by atoms with E-state index in [0.717, 1.165) is 16.7 Å². The summed E-state index contributed by atoms with van der Waals surface area (Å²) in [6.07, 6.45) is 0. The summed E-state index contributed by atoms with van der Waals surface area (Å²) < 4.78 is 42.2. The smallest absolute Gasteiger partial charge is 0.261 e. The number of rotatable bonds is 5. The van der Waals surface area contributed by atoms with Gasteiger partial charge in [-0.2, -0.15) is 0 Å².